The van der Waals surface area contributed by atoms with Crippen LogP contribution >= 0.6 is 15.9 Å². The lowest BCUT2D eigenvalue weighted by Crippen LogP contribution is -2.38. The van der Waals surface area contributed by atoms with Crippen molar-refractivity contribution < 1.29 is 23.4 Å². The first-order valence-electron chi connectivity index (χ1n) is 4.31. The summed E-state index contributed by atoms with van der Waals surface area (Å²) in [4.78, 5) is 10.7. The first-order chi connectivity index (χ1) is 7.25. The fraction of sp³-hybridized carbons (Fsp3) is 0.300. The smallest absolute Gasteiger partial charge is 0.347 e. The van der Waals surface area contributed by atoms with E-state index in [2.05, 4.69) is 15.9 Å². The van der Waals surface area contributed by atoms with Crippen molar-refractivity contribution in [3.63, 3.8) is 0 Å². The zero-order chi connectivity index (χ0) is 12.5. The average molecular weight is 295 g/mol. The number of hydrogen-bond donors (Lipinski definition) is 1. The molecule has 0 amide bonds. The maximum absolute atomic E-state index is 13.3. The molecule has 1 rings (SSSR count). The molecule has 1 aromatic rings. The monoisotopic (exact) mass is 294 g/mol. The predicted molar refractivity (Wildman–Crippen MR) is 56.4 cm³/mol. The Kier molecular flexibility index (Phi) is 3.52. The van der Waals surface area contributed by atoms with Gasteiger partial charge >= 0.3 is 5.97 Å². The second-order valence-corrected chi connectivity index (χ2v) is 4.45. The van der Waals surface area contributed by atoms with Gasteiger partial charge in [0.25, 0.3) is 0 Å². The molecule has 0 aliphatic carbocycles. The highest BCUT2D eigenvalue weighted by Gasteiger charge is 2.31. The van der Waals surface area contributed by atoms with Gasteiger partial charge in [-0.2, -0.15) is 4.39 Å². The molecule has 0 radical (unpaired) electrons. The van der Waals surface area contributed by atoms with Gasteiger partial charge in [0.05, 0.1) is 4.47 Å². The number of carboxylic acid groups (broad SMARTS) is 1. The molecule has 1 aromatic carbocycles. The van der Waals surface area contributed by atoms with E-state index in [-0.39, 0.29) is 4.47 Å². The van der Waals surface area contributed by atoms with Crippen LogP contribution in [-0.4, -0.2) is 16.7 Å². The molecule has 0 bridgehead atoms. The highest BCUT2D eigenvalue weighted by Crippen LogP contribution is 2.28. The molecule has 3 nitrogen and oxygen atoms in total. The Morgan fingerprint density at radius 1 is 1.38 bits per heavy atom. The van der Waals surface area contributed by atoms with Gasteiger partial charge in [-0.3, -0.25) is 0 Å². The molecule has 0 fully saturated rings. The van der Waals surface area contributed by atoms with Crippen LogP contribution in [0.1, 0.15) is 13.8 Å². The van der Waals surface area contributed by atoms with Crippen molar-refractivity contribution in [2.24, 2.45) is 0 Å². The quantitative estimate of drug-likeness (QED) is 0.872. The van der Waals surface area contributed by atoms with Crippen LogP contribution in [0.25, 0.3) is 0 Å². The van der Waals surface area contributed by atoms with Gasteiger partial charge in [-0.15, -0.1) is 0 Å². The minimum atomic E-state index is -1.62. The summed E-state index contributed by atoms with van der Waals surface area (Å²) < 4.78 is 31.3. The molecule has 16 heavy (non-hydrogen) atoms. The van der Waals surface area contributed by atoms with E-state index in [0.717, 1.165) is 6.07 Å². The van der Waals surface area contributed by atoms with Crippen LogP contribution in [0.2, 0.25) is 0 Å². The van der Waals surface area contributed by atoms with Crippen LogP contribution in [0, 0.1) is 11.6 Å². The largest absolute Gasteiger partial charge is 0.478 e. The molecule has 0 heterocycles. The average Bonchev–Trinajstić information content (AvgIpc) is 2.19. The SMILES string of the molecule is CC(C)(Oc1ccc(Br)c(F)c1F)C(=O)O. The summed E-state index contributed by atoms with van der Waals surface area (Å²) in [5, 5.41) is 8.77. The van der Waals surface area contributed by atoms with E-state index in [4.69, 9.17) is 9.84 Å². The number of benzene rings is 1. The van der Waals surface area contributed by atoms with Crippen molar-refractivity contribution >= 4 is 21.9 Å². The third-order valence-corrected chi connectivity index (χ3v) is 2.49. The second kappa shape index (κ2) is 4.37. The first kappa shape index (κ1) is 12.9. The summed E-state index contributed by atoms with van der Waals surface area (Å²) in [7, 11) is 0. The molecule has 0 aliphatic rings. The van der Waals surface area contributed by atoms with Gasteiger partial charge in [0, 0.05) is 0 Å². The normalized spacial score (nSPS) is 11.3. The van der Waals surface area contributed by atoms with Crippen LogP contribution in [0.5, 0.6) is 5.75 Å². The Bertz CT molecular complexity index is 432. The van der Waals surface area contributed by atoms with Crippen molar-refractivity contribution in [3.8, 4) is 5.75 Å². The van der Waals surface area contributed by atoms with Crippen LogP contribution in [0.15, 0.2) is 16.6 Å². The summed E-state index contributed by atoms with van der Waals surface area (Å²) >= 11 is 2.80. The van der Waals surface area contributed by atoms with Gasteiger partial charge in [-0.05, 0) is 41.9 Å². The van der Waals surface area contributed by atoms with Crippen molar-refractivity contribution in [3.05, 3.63) is 28.2 Å². The van der Waals surface area contributed by atoms with Crippen LogP contribution < -0.4 is 4.74 Å². The minimum Gasteiger partial charge on any atom is -0.478 e. The Hall–Kier alpha value is -1.17. The first-order valence-corrected chi connectivity index (χ1v) is 5.11. The fourth-order valence-electron chi connectivity index (χ4n) is 0.906. The van der Waals surface area contributed by atoms with E-state index in [0.29, 0.717) is 0 Å². The maximum Gasteiger partial charge on any atom is 0.347 e. The third kappa shape index (κ3) is 2.49. The molecular weight excluding hydrogens is 286 g/mol. The van der Waals surface area contributed by atoms with E-state index >= 15 is 0 Å². The molecule has 0 unspecified atom stereocenters. The molecule has 0 aromatic heterocycles. The lowest BCUT2D eigenvalue weighted by Gasteiger charge is -2.21. The van der Waals surface area contributed by atoms with Crippen molar-refractivity contribution in [1.29, 1.82) is 0 Å². The zero-order valence-corrected chi connectivity index (χ0v) is 10.1. The summed E-state index contributed by atoms with van der Waals surface area (Å²) in [5.41, 5.74) is -1.62. The van der Waals surface area contributed by atoms with Gasteiger partial charge in [0.2, 0.25) is 5.82 Å². The van der Waals surface area contributed by atoms with Crippen LogP contribution in [0.3, 0.4) is 0 Å². The summed E-state index contributed by atoms with van der Waals surface area (Å²) in [6.45, 7) is 2.49. The Morgan fingerprint density at radius 3 is 2.44 bits per heavy atom. The number of rotatable bonds is 3. The Balaban J connectivity index is 3.08. The lowest BCUT2D eigenvalue weighted by atomic mass is 10.1. The number of carbonyl (C=O) groups is 1. The topological polar surface area (TPSA) is 46.5 Å². The fourth-order valence-corrected chi connectivity index (χ4v) is 1.21. The summed E-state index contributed by atoms with van der Waals surface area (Å²) in [6, 6.07) is 2.40. The van der Waals surface area contributed by atoms with Gasteiger partial charge < -0.3 is 9.84 Å². The van der Waals surface area contributed by atoms with Crippen LogP contribution in [0.4, 0.5) is 8.78 Å². The van der Waals surface area contributed by atoms with E-state index in [1.54, 1.807) is 0 Å². The van der Waals surface area contributed by atoms with E-state index in [1.807, 2.05) is 0 Å². The van der Waals surface area contributed by atoms with E-state index < -0.39 is 29.0 Å². The predicted octanol–water partition coefficient (Wildman–Crippen LogP) is 2.97. The molecule has 0 spiro atoms. The number of hydrogen-bond acceptors (Lipinski definition) is 2. The minimum absolute atomic E-state index is 0.0505. The summed E-state index contributed by atoms with van der Waals surface area (Å²) in [5.74, 6) is -4.04. The molecular formula is C10H9BrF2O3. The molecule has 0 saturated heterocycles. The molecule has 88 valence electrons. The molecule has 0 aliphatic heterocycles. The number of halogens is 3. The molecule has 1 N–H and O–H groups in total. The highest BCUT2D eigenvalue weighted by molar-refractivity contribution is 9.10. The summed E-state index contributed by atoms with van der Waals surface area (Å²) in [6.07, 6.45) is 0. The van der Waals surface area contributed by atoms with Crippen LogP contribution in [-0.2, 0) is 4.79 Å². The number of ether oxygens (including phenoxy) is 1. The van der Waals surface area contributed by atoms with Crippen molar-refractivity contribution in [2.75, 3.05) is 0 Å². The molecule has 0 atom stereocenters. The van der Waals surface area contributed by atoms with Gasteiger partial charge in [0.1, 0.15) is 0 Å². The standard InChI is InChI=1S/C10H9BrF2O3/c1-10(2,9(14)15)16-6-4-3-5(11)7(12)8(6)13/h3-4H,1-2H3,(H,14,15). The third-order valence-electron chi connectivity index (χ3n) is 1.88. The van der Waals surface area contributed by atoms with Crippen molar-refractivity contribution in [1.82, 2.24) is 0 Å². The Morgan fingerprint density at radius 2 is 1.94 bits per heavy atom. The molecule has 0 saturated carbocycles. The van der Waals surface area contributed by atoms with Gasteiger partial charge in [0.15, 0.2) is 17.2 Å². The number of carboxylic acids is 1. The lowest BCUT2D eigenvalue weighted by molar-refractivity contribution is -0.152. The number of aliphatic carboxylic acids is 1. The highest BCUT2D eigenvalue weighted by atomic mass is 79.9. The maximum atomic E-state index is 13.3. The second-order valence-electron chi connectivity index (χ2n) is 3.59. The van der Waals surface area contributed by atoms with E-state index in [9.17, 15) is 13.6 Å². The van der Waals surface area contributed by atoms with Crippen molar-refractivity contribution in [2.45, 2.75) is 19.4 Å². The van der Waals surface area contributed by atoms with E-state index in [1.165, 1.54) is 19.9 Å². The Labute approximate surface area is 99.2 Å². The zero-order valence-electron chi connectivity index (χ0n) is 8.55. The molecule has 6 heteroatoms. The van der Waals surface area contributed by atoms with Gasteiger partial charge in [-0.1, -0.05) is 0 Å². The van der Waals surface area contributed by atoms with Gasteiger partial charge in [-0.25, -0.2) is 9.18 Å².